The highest BCUT2D eigenvalue weighted by molar-refractivity contribution is 5.23. The molecule has 0 aliphatic heterocycles. The van der Waals surface area contributed by atoms with Crippen molar-refractivity contribution in [3.05, 3.63) is 35.1 Å². The molecule has 6 heteroatoms. The van der Waals surface area contributed by atoms with Crippen LogP contribution >= 0.6 is 0 Å². The third-order valence-corrected chi connectivity index (χ3v) is 1.78. The van der Waals surface area contributed by atoms with Gasteiger partial charge in [-0.3, -0.25) is 0 Å². The van der Waals surface area contributed by atoms with Crippen LogP contribution in [0.1, 0.15) is 11.7 Å². The Morgan fingerprint density at radius 3 is 2.00 bits per heavy atom. The van der Waals surface area contributed by atoms with Gasteiger partial charge in [0.25, 0.3) is 0 Å². The maximum atomic E-state index is 12.7. The van der Waals surface area contributed by atoms with E-state index in [9.17, 15) is 18.3 Å². The van der Waals surface area contributed by atoms with Gasteiger partial charge in [-0.25, -0.2) is 13.2 Å². The zero-order valence-electron chi connectivity index (χ0n) is 7.28. The molecule has 1 aromatic carbocycles. The van der Waals surface area contributed by atoms with Crippen molar-refractivity contribution in [2.24, 2.45) is 0 Å². The van der Waals surface area contributed by atoms with Gasteiger partial charge in [0.1, 0.15) is 6.10 Å². The first-order valence-corrected chi connectivity index (χ1v) is 3.87. The van der Waals surface area contributed by atoms with E-state index in [2.05, 4.69) is 0 Å². The number of nitrogens with zero attached hydrogens (tertiary/aromatic N) is 1. The lowest BCUT2D eigenvalue weighted by molar-refractivity contribution is 0.0522. The number of aliphatic hydroxyl groups is 2. The van der Waals surface area contributed by atoms with E-state index >= 15 is 0 Å². The van der Waals surface area contributed by atoms with Gasteiger partial charge in [0.15, 0.2) is 23.6 Å². The fourth-order valence-corrected chi connectivity index (χ4v) is 0.999. The van der Waals surface area contributed by atoms with Crippen LogP contribution < -0.4 is 0 Å². The summed E-state index contributed by atoms with van der Waals surface area (Å²) >= 11 is 0. The van der Waals surface area contributed by atoms with Crippen LogP contribution in [-0.4, -0.2) is 16.3 Å². The summed E-state index contributed by atoms with van der Waals surface area (Å²) in [7, 11) is 0. The number of halogens is 3. The monoisotopic (exact) mass is 217 g/mol. The second kappa shape index (κ2) is 4.29. The quantitative estimate of drug-likeness (QED) is 0.574. The van der Waals surface area contributed by atoms with Gasteiger partial charge >= 0.3 is 0 Å². The molecule has 1 rings (SSSR count). The van der Waals surface area contributed by atoms with Crippen LogP contribution in [0.5, 0.6) is 0 Å². The van der Waals surface area contributed by atoms with Crippen molar-refractivity contribution in [3.63, 3.8) is 0 Å². The van der Waals surface area contributed by atoms with Crippen LogP contribution in [0.4, 0.5) is 13.2 Å². The summed E-state index contributed by atoms with van der Waals surface area (Å²) in [6, 6.07) is 2.32. The van der Waals surface area contributed by atoms with Crippen molar-refractivity contribution in [1.82, 2.24) is 0 Å². The van der Waals surface area contributed by atoms with Gasteiger partial charge in [0.05, 0.1) is 6.07 Å². The first kappa shape index (κ1) is 11.5. The molecule has 0 radical (unpaired) electrons. The van der Waals surface area contributed by atoms with E-state index in [4.69, 9.17) is 10.4 Å². The minimum absolute atomic E-state index is 0.402. The van der Waals surface area contributed by atoms with Crippen molar-refractivity contribution < 1.29 is 23.4 Å². The standard InChI is InChI=1S/C9H6F3NO2/c10-5-1-4(2-6(11)8(5)12)9(15)7(14)3-13/h1-2,7,9,14-15H. The van der Waals surface area contributed by atoms with E-state index < -0.39 is 35.2 Å². The molecular formula is C9H6F3NO2. The maximum absolute atomic E-state index is 12.7. The molecule has 0 amide bonds. The predicted octanol–water partition coefficient (Wildman–Crippen LogP) is 1.02. The SMILES string of the molecule is N#CC(O)C(O)c1cc(F)c(F)c(F)c1. The summed E-state index contributed by atoms with van der Waals surface area (Å²) in [5.74, 6) is -4.65. The van der Waals surface area contributed by atoms with Crippen molar-refractivity contribution >= 4 is 0 Å². The lowest BCUT2D eigenvalue weighted by atomic mass is 10.0. The Balaban J connectivity index is 3.12. The Labute approximate surface area is 83.0 Å². The molecular weight excluding hydrogens is 211 g/mol. The average Bonchev–Trinajstić information content (AvgIpc) is 2.23. The van der Waals surface area contributed by atoms with Crippen LogP contribution in [-0.2, 0) is 0 Å². The molecule has 80 valence electrons. The van der Waals surface area contributed by atoms with Gasteiger partial charge in [-0.05, 0) is 17.7 Å². The zero-order chi connectivity index (χ0) is 11.6. The molecule has 0 aromatic heterocycles. The molecule has 2 unspecified atom stereocenters. The summed E-state index contributed by atoms with van der Waals surface area (Å²) in [6.07, 6.45) is -3.60. The third kappa shape index (κ3) is 2.26. The van der Waals surface area contributed by atoms with E-state index in [1.807, 2.05) is 0 Å². The molecule has 3 nitrogen and oxygen atoms in total. The molecule has 2 atom stereocenters. The molecule has 0 aliphatic carbocycles. The molecule has 0 saturated carbocycles. The van der Waals surface area contributed by atoms with Gasteiger partial charge in [0.2, 0.25) is 0 Å². The number of nitriles is 1. The highest BCUT2D eigenvalue weighted by Crippen LogP contribution is 2.21. The van der Waals surface area contributed by atoms with Gasteiger partial charge in [-0.15, -0.1) is 0 Å². The second-order valence-corrected chi connectivity index (χ2v) is 2.82. The molecule has 15 heavy (non-hydrogen) atoms. The third-order valence-electron chi connectivity index (χ3n) is 1.78. The summed E-state index contributed by atoms with van der Waals surface area (Å²) in [5, 5.41) is 26.3. The Morgan fingerprint density at radius 2 is 1.60 bits per heavy atom. The molecule has 0 bridgehead atoms. The van der Waals surface area contributed by atoms with E-state index in [-0.39, 0.29) is 0 Å². The maximum Gasteiger partial charge on any atom is 0.194 e. The highest BCUT2D eigenvalue weighted by atomic mass is 19.2. The minimum Gasteiger partial charge on any atom is -0.385 e. The van der Waals surface area contributed by atoms with Crippen LogP contribution in [0.15, 0.2) is 12.1 Å². The smallest absolute Gasteiger partial charge is 0.194 e. The topological polar surface area (TPSA) is 64.2 Å². The van der Waals surface area contributed by atoms with Crippen LogP contribution in [0.2, 0.25) is 0 Å². The number of rotatable bonds is 2. The van der Waals surface area contributed by atoms with Gasteiger partial charge < -0.3 is 10.2 Å². The lowest BCUT2D eigenvalue weighted by Gasteiger charge is -2.12. The number of aliphatic hydroxyl groups excluding tert-OH is 2. The van der Waals surface area contributed by atoms with Crippen molar-refractivity contribution in [2.45, 2.75) is 12.2 Å². The normalized spacial score (nSPS) is 14.4. The molecule has 0 fully saturated rings. The summed E-state index contributed by atoms with van der Waals surface area (Å²) in [5.41, 5.74) is -0.402. The Bertz CT molecular complexity index is 393. The molecule has 0 heterocycles. The Kier molecular flexibility index (Phi) is 3.29. The van der Waals surface area contributed by atoms with E-state index in [1.165, 1.54) is 6.07 Å². The molecule has 0 saturated heterocycles. The van der Waals surface area contributed by atoms with E-state index in [0.717, 1.165) is 0 Å². The lowest BCUT2D eigenvalue weighted by Crippen LogP contribution is -2.16. The Hall–Kier alpha value is -1.58. The van der Waals surface area contributed by atoms with Crippen molar-refractivity contribution in [3.8, 4) is 6.07 Å². The molecule has 0 spiro atoms. The fourth-order valence-electron chi connectivity index (χ4n) is 0.999. The van der Waals surface area contributed by atoms with Crippen molar-refractivity contribution in [1.29, 1.82) is 5.26 Å². The van der Waals surface area contributed by atoms with Crippen LogP contribution in [0, 0.1) is 28.8 Å². The molecule has 2 N–H and O–H groups in total. The van der Waals surface area contributed by atoms with Gasteiger partial charge in [-0.2, -0.15) is 5.26 Å². The van der Waals surface area contributed by atoms with E-state index in [1.54, 1.807) is 0 Å². The van der Waals surface area contributed by atoms with Crippen LogP contribution in [0.3, 0.4) is 0 Å². The van der Waals surface area contributed by atoms with Gasteiger partial charge in [-0.1, -0.05) is 0 Å². The molecule has 0 aliphatic rings. The van der Waals surface area contributed by atoms with Crippen molar-refractivity contribution in [2.75, 3.05) is 0 Å². The highest BCUT2D eigenvalue weighted by Gasteiger charge is 2.21. The predicted molar refractivity (Wildman–Crippen MR) is 42.9 cm³/mol. The number of benzene rings is 1. The largest absolute Gasteiger partial charge is 0.385 e. The van der Waals surface area contributed by atoms with E-state index in [0.29, 0.717) is 12.1 Å². The first-order valence-electron chi connectivity index (χ1n) is 3.87. The minimum atomic E-state index is -1.82. The average molecular weight is 217 g/mol. The summed E-state index contributed by atoms with van der Waals surface area (Å²) in [6.45, 7) is 0. The zero-order valence-corrected chi connectivity index (χ0v) is 7.28. The second-order valence-electron chi connectivity index (χ2n) is 2.82. The number of hydrogen-bond acceptors (Lipinski definition) is 3. The Morgan fingerprint density at radius 1 is 1.13 bits per heavy atom. The number of hydrogen-bond donors (Lipinski definition) is 2. The first-order chi connectivity index (χ1) is 6.97. The fraction of sp³-hybridized carbons (Fsp3) is 0.222. The van der Waals surface area contributed by atoms with Crippen LogP contribution in [0.25, 0.3) is 0 Å². The molecule has 1 aromatic rings. The summed E-state index contributed by atoms with van der Waals surface area (Å²) in [4.78, 5) is 0. The van der Waals surface area contributed by atoms with Gasteiger partial charge in [0, 0.05) is 0 Å². The summed E-state index contributed by atoms with van der Waals surface area (Å²) < 4.78 is 37.9.